The van der Waals surface area contributed by atoms with Gasteiger partial charge in [-0.25, -0.2) is 0 Å². The largest absolute Gasteiger partial charge is 0.292 e. The smallest absolute Gasteiger partial charge is 0.288 e. The maximum Gasteiger partial charge on any atom is 0.288 e. The van der Waals surface area contributed by atoms with Crippen LogP contribution in [0.1, 0.15) is 36.8 Å². The first-order valence-corrected chi connectivity index (χ1v) is 5.59. The molecule has 0 spiro atoms. The zero-order chi connectivity index (χ0) is 14.8. The minimum absolute atomic E-state index is 0.0202. The summed E-state index contributed by atoms with van der Waals surface area (Å²) >= 11 is 0. The zero-order valence-electron chi connectivity index (χ0n) is 11.2. The minimum Gasteiger partial charge on any atom is -0.292 e. The standard InChI is InChI=1S/C12H15N3O4/c1-7-9(5-8(6-13-7)15(18)19)10(16)14-11(17)12(2,3)4/h5-6H,1-4H3,(H,14,16,17). The van der Waals surface area contributed by atoms with E-state index in [1.165, 1.54) is 0 Å². The van der Waals surface area contributed by atoms with Crippen LogP contribution in [0.4, 0.5) is 5.69 Å². The number of imide groups is 1. The molecule has 0 aliphatic rings. The molecule has 7 nitrogen and oxygen atoms in total. The molecule has 1 rings (SSSR count). The van der Waals surface area contributed by atoms with Gasteiger partial charge in [-0.3, -0.25) is 30.0 Å². The van der Waals surface area contributed by atoms with Crippen molar-refractivity contribution in [1.29, 1.82) is 0 Å². The molecule has 0 aliphatic heterocycles. The summed E-state index contributed by atoms with van der Waals surface area (Å²) in [6.07, 6.45) is 1.07. The van der Waals surface area contributed by atoms with Gasteiger partial charge in [-0.2, -0.15) is 0 Å². The van der Waals surface area contributed by atoms with Crippen LogP contribution in [0.15, 0.2) is 12.3 Å². The number of carbonyl (C=O) groups is 2. The zero-order valence-corrected chi connectivity index (χ0v) is 11.2. The number of carbonyl (C=O) groups excluding carboxylic acids is 2. The molecule has 19 heavy (non-hydrogen) atoms. The monoisotopic (exact) mass is 265 g/mol. The molecule has 102 valence electrons. The number of nitro groups is 1. The van der Waals surface area contributed by atoms with E-state index in [1.54, 1.807) is 27.7 Å². The summed E-state index contributed by atoms with van der Waals surface area (Å²) in [6.45, 7) is 6.52. The summed E-state index contributed by atoms with van der Waals surface area (Å²) in [5.74, 6) is -1.14. The SMILES string of the molecule is Cc1ncc([N+](=O)[O-])cc1C(=O)NC(=O)C(C)(C)C. The van der Waals surface area contributed by atoms with Crippen molar-refractivity contribution in [1.82, 2.24) is 10.3 Å². The summed E-state index contributed by atoms with van der Waals surface area (Å²) < 4.78 is 0. The van der Waals surface area contributed by atoms with Crippen molar-refractivity contribution in [3.8, 4) is 0 Å². The summed E-state index contributed by atoms with van der Waals surface area (Å²) in [4.78, 5) is 37.4. The number of nitrogens with zero attached hydrogens (tertiary/aromatic N) is 2. The lowest BCUT2D eigenvalue weighted by Crippen LogP contribution is -2.39. The maximum absolute atomic E-state index is 11.9. The van der Waals surface area contributed by atoms with Gasteiger partial charge in [0.05, 0.1) is 16.2 Å². The van der Waals surface area contributed by atoms with Crippen molar-refractivity contribution < 1.29 is 14.5 Å². The molecule has 0 saturated heterocycles. The van der Waals surface area contributed by atoms with E-state index in [0.29, 0.717) is 5.69 Å². The Bertz CT molecular complexity index is 546. The molecule has 7 heteroatoms. The summed E-state index contributed by atoms with van der Waals surface area (Å²) in [7, 11) is 0. The van der Waals surface area contributed by atoms with Crippen LogP contribution in [0, 0.1) is 22.5 Å². The highest BCUT2D eigenvalue weighted by Crippen LogP contribution is 2.16. The van der Waals surface area contributed by atoms with E-state index in [1.807, 2.05) is 0 Å². The number of nitrogens with one attached hydrogen (secondary N) is 1. The second kappa shape index (κ2) is 5.13. The molecule has 0 fully saturated rings. The molecule has 1 aromatic rings. The van der Waals surface area contributed by atoms with Crippen LogP contribution < -0.4 is 5.32 Å². The molecule has 0 aromatic carbocycles. The Hall–Kier alpha value is -2.31. The van der Waals surface area contributed by atoms with E-state index in [2.05, 4.69) is 10.3 Å². The summed E-state index contributed by atoms with van der Waals surface area (Å²) in [5, 5.41) is 12.8. The van der Waals surface area contributed by atoms with Crippen molar-refractivity contribution in [3.05, 3.63) is 33.6 Å². The van der Waals surface area contributed by atoms with E-state index < -0.39 is 22.2 Å². The van der Waals surface area contributed by atoms with Crippen LogP contribution >= 0.6 is 0 Å². The van der Waals surface area contributed by atoms with Gasteiger partial charge in [0.15, 0.2) is 0 Å². The lowest BCUT2D eigenvalue weighted by atomic mass is 9.95. The third-order valence-corrected chi connectivity index (χ3v) is 2.44. The number of aryl methyl sites for hydroxylation is 1. The van der Waals surface area contributed by atoms with Gasteiger partial charge in [-0.1, -0.05) is 20.8 Å². The molecule has 2 amide bonds. The Balaban J connectivity index is 3.03. The fourth-order valence-corrected chi connectivity index (χ4v) is 1.21. The van der Waals surface area contributed by atoms with E-state index in [4.69, 9.17) is 0 Å². The number of aromatic nitrogens is 1. The third kappa shape index (κ3) is 3.57. The average molecular weight is 265 g/mol. The lowest BCUT2D eigenvalue weighted by Gasteiger charge is -2.17. The first kappa shape index (κ1) is 14.7. The van der Waals surface area contributed by atoms with Gasteiger partial charge in [0, 0.05) is 11.5 Å². The molecule has 0 unspecified atom stereocenters. The van der Waals surface area contributed by atoms with Crippen molar-refractivity contribution >= 4 is 17.5 Å². The van der Waals surface area contributed by atoms with Gasteiger partial charge in [-0.15, -0.1) is 0 Å². The van der Waals surface area contributed by atoms with Crippen molar-refractivity contribution in [2.24, 2.45) is 5.41 Å². The first-order valence-electron chi connectivity index (χ1n) is 5.59. The number of rotatable bonds is 2. The molecular formula is C12H15N3O4. The Morgan fingerprint density at radius 1 is 1.37 bits per heavy atom. The Labute approximate surface area is 110 Å². The summed E-state index contributed by atoms with van der Waals surface area (Å²) in [6, 6.07) is 1.10. The van der Waals surface area contributed by atoms with Crippen LogP contribution in [-0.4, -0.2) is 21.7 Å². The molecule has 0 radical (unpaired) electrons. The quantitative estimate of drug-likeness (QED) is 0.646. The fraction of sp³-hybridized carbons (Fsp3) is 0.417. The highest BCUT2D eigenvalue weighted by Gasteiger charge is 2.25. The second-order valence-electron chi connectivity index (χ2n) is 5.12. The van der Waals surface area contributed by atoms with Crippen LogP contribution in [0.5, 0.6) is 0 Å². The fourth-order valence-electron chi connectivity index (χ4n) is 1.21. The summed E-state index contributed by atoms with van der Waals surface area (Å²) in [5.41, 5.74) is -0.673. The Morgan fingerprint density at radius 3 is 2.42 bits per heavy atom. The predicted octanol–water partition coefficient (Wildman–Crippen LogP) is 1.60. The van der Waals surface area contributed by atoms with Gasteiger partial charge in [-0.05, 0) is 6.92 Å². The average Bonchev–Trinajstić information content (AvgIpc) is 2.27. The number of amides is 2. The van der Waals surface area contributed by atoms with Crippen LogP contribution in [0.3, 0.4) is 0 Å². The van der Waals surface area contributed by atoms with Gasteiger partial charge in [0.2, 0.25) is 5.91 Å². The Kier molecular flexibility index (Phi) is 3.98. The van der Waals surface area contributed by atoms with Gasteiger partial charge < -0.3 is 0 Å². The predicted molar refractivity (Wildman–Crippen MR) is 67.6 cm³/mol. The molecule has 0 atom stereocenters. The highest BCUT2D eigenvalue weighted by atomic mass is 16.6. The molecule has 1 N–H and O–H groups in total. The molecule has 0 aliphatic carbocycles. The van der Waals surface area contributed by atoms with Crippen molar-refractivity contribution in [3.63, 3.8) is 0 Å². The van der Waals surface area contributed by atoms with Crippen LogP contribution in [-0.2, 0) is 4.79 Å². The van der Waals surface area contributed by atoms with Crippen molar-refractivity contribution in [2.45, 2.75) is 27.7 Å². The number of pyridine rings is 1. The molecule has 1 heterocycles. The normalized spacial score (nSPS) is 10.9. The van der Waals surface area contributed by atoms with Crippen LogP contribution in [0.2, 0.25) is 0 Å². The maximum atomic E-state index is 11.9. The van der Waals surface area contributed by atoms with E-state index in [0.717, 1.165) is 12.3 Å². The molecular weight excluding hydrogens is 250 g/mol. The Morgan fingerprint density at radius 2 is 1.95 bits per heavy atom. The van der Waals surface area contributed by atoms with E-state index in [-0.39, 0.29) is 11.3 Å². The van der Waals surface area contributed by atoms with E-state index in [9.17, 15) is 19.7 Å². The van der Waals surface area contributed by atoms with Gasteiger partial charge in [0.25, 0.3) is 11.6 Å². The minimum atomic E-state index is -0.724. The second-order valence-corrected chi connectivity index (χ2v) is 5.12. The first-order chi connectivity index (χ1) is 8.62. The van der Waals surface area contributed by atoms with Crippen LogP contribution in [0.25, 0.3) is 0 Å². The third-order valence-electron chi connectivity index (χ3n) is 2.44. The number of hydrogen-bond acceptors (Lipinski definition) is 5. The molecule has 1 aromatic heterocycles. The highest BCUT2D eigenvalue weighted by molar-refractivity contribution is 6.06. The molecule has 0 bridgehead atoms. The number of hydrogen-bond donors (Lipinski definition) is 1. The van der Waals surface area contributed by atoms with Crippen molar-refractivity contribution in [2.75, 3.05) is 0 Å². The molecule has 0 saturated carbocycles. The van der Waals surface area contributed by atoms with Gasteiger partial charge >= 0.3 is 0 Å². The van der Waals surface area contributed by atoms with E-state index >= 15 is 0 Å². The lowest BCUT2D eigenvalue weighted by molar-refractivity contribution is -0.385. The van der Waals surface area contributed by atoms with Gasteiger partial charge in [0.1, 0.15) is 6.20 Å². The topological polar surface area (TPSA) is 102 Å².